The Labute approximate surface area is 76.1 Å². The molecule has 0 saturated heterocycles. The van der Waals surface area contributed by atoms with Crippen molar-refractivity contribution < 1.29 is 15.1 Å². The maximum absolute atomic E-state index is 8.60. The van der Waals surface area contributed by atoms with Crippen molar-refractivity contribution in [1.82, 2.24) is 4.98 Å². The van der Waals surface area contributed by atoms with Crippen LogP contribution >= 0.6 is 0 Å². The quantitative estimate of drug-likeness (QED) is 0.395. The van der Waals surface area contributed by atoms with Crippen molar-refractivity contribution in [1.29, 1.82) is 0 Å². The van der Waals surface area contributed by atoms with E-state index >= 15 is 0 Å². The Morgan fingerprint density at radius 1 is 1.18 bits per heavy atom. The molecule has 0 saturated carbocycles. The minimum Gasteiger partial charge on any atom is -0.555 e. The number of hydrogen-bond donors (Lipinski definition) is 3. The summed E-state index contributed by atoms with van der Waals surface area (Å²) in [6.07, 6.45) is 1.37. The Balaban J connectivity index is 0.000001000. The van der Waals surface area contributed by atoms with Crippen LogP contribution in [0.15, 0.2) is 24.4 Å². The number of nitrogens with zero attached hydrogens (tertiary/aromatic N) is 1. The van der Waals surface area contributed by atoms with Gasteiger partial charge in [-0.15, -0.1) is 0 Å². The molecule has 1 heterocycles. The molecule has 0 amide bonds. The van der Waals surface area contributed by atoms with E-state index in [2.05, 4.69) is 4.98 Å². The molecule has 0 aliphatic rings. The van der Waals surface area contributed by atoms with Gasteiger partial charge >= 0.3 is 6.75 Å². The molecule has 0 fully saturated rings. The zero-order valence-electron chi connectivity index (χ0n) is 6.18. The summed E-state index contributed by atoms with van der Waals surface area (Å²) in [6.45, 7) is -3.42. The molecule has 0 aliphatic heterocycles. The van der Waals surface area contributed by atoms with Gasteiger partial charge in [-0.2, -0.15) is 0 Å². The van der Waals surface area contributed by atoms with E-state index < -0.39 is 6.75 Å². The van der Waals surface area contributed by atoms with Gasteiger partial charge in [0, 0.05) is 25.1 Å². The molecule has 0 bridgehead atoms. The van der Waals surface area contributed by atoms with E-state index in [9.17, 15) is 0 Å². The van der Waals surface area contributed by atoms with Crippen LogP contribution < -0.4 is 5.59 Å². The van der Waals surface area contributed by atoms with E-state index in [0.29, 0.717) is 0 Å². The zero-order valence-corrected chi connectivity index (χ0v) is 6.18. The second kappa shape index (κ2) is 3.91. The van der Waals surface area contributed by atoms with E-state index in [-0.39, 0.29) is 24.5 Å². The minimum atomic E-state index is -3.42. The van der Waals surface area contributed by atoms with E-state index in [1.807, 2.05) is 0 Å². The second-order valence-electron chi connectivity index (χ2n) is 1.99. The molecule has 0 unspecified atom stereocenters. The molecule has 11 heavy (non-hydrogen) atoms. The van der Waals surface area contributed by atoms with Crippen LogP contribution in [-0.4, -0.2) is 45.7 Å². The van der Waals surface area contributed by atoms with Crippen LogP contribution in [0.3, 0.4) is 0 Å². The molecule has 1 aromatic heterocycles. The van der Waals surface area contributed by atoms with Gasteiger partial charge in [0.25, 0.3) is 0 Å². The van der Waals surface area contributed by atoms with Crippen LogP contribution in [-0.2, 0) is 0 Å². The number of aromatic nitrogens is 1. The molecule has 4 nitrogen and oxygen atoms in total. The van der Waals surface area contributed by atoms with Crippen LogP contribution in [0.4, 0.5) is 0 Å². The zero-order chi connectivity index (χ0) is 7.61. The first-order chi connectivity index (χ1) is 4.61. The van der Waals surface area contributed by atoms with Crippen molar-refractivity contribution >= 4 is 31.2 Å². The third kappa shape index (κ3) is 3.06. The molecule has 6 heteroatoms. The standard InChI is InChI=1S/C5H7BNO3.Li/c8-6(9,10)5-3-1-2-4-7-5;/h1-4,8-10H;/q-1;. The summed E-state index contributed by atoms with van der Waals surface area (Å²) < 4.78 is 0. The molecular formula is C5H7BLiNO3-. The maximum Gasteiger partial charge on any atom is 0.420 e. The molecule has 0 atom stereocenters. The first-order valence-corrected chi connectivity index (χ1v) is 2.83. The Morgan fingerprint density at radius 3 is 2.09 bits per heavy atom. The van der Waals surface area contributed by atoms with Crippen molar-refractivity contribution in [3.8, 4) is 0 Å². The van der Waals surface area contributed by atoms with Gasteiger partial charge in [0.1, 0.15) is 0 Å². The second-order valence-corrected chi connectivity index (χ2v) is 1.99. The van der Waals surface area contributed by atoms with Crippen molar-refractivity contribution in [2.24, 2.45) is 0 Å². The fourth-order valence-corrected chi connectivity index (χ4v) is 0.605. The number of hydrogen-bond acceptors (Lipinski definition) is 4. The van der Waals surface area contributed by atoms with Crippen LogP contribution in [0.2, 0.25) is 0 Å². The van der Waals surface area contributed by atoms with E-state index in [0.717, 1.165) is 0 Å². The summed E-state index contributed by atoms with van der Waals surface area (Å²) >= 11 is 0. The Bertz CT molecular complexity index is 213. The summed E-state index contributed by atoms with van der Waals surface area (Å²) in [4.78, 5) is 3.53. The molecule has 0 aliphatic carbocycles. The molecule has 3 N–H and O–H groups in total. The summed E-state index contributed by atoms with van der Waals surface area (Å²) in [7, 11) is 0. The molecule has 1 aromatic rings. The Morgan fingerprint density at radius 2 is 1.82 bits per heavy atom. The number of pyridine rings is 1. The van der Waals surface area contributed by atoms with E-state index in [1.54, 1.807) is 12.1 Å². The third-order valence-electron chi connectivity index (χ3n) is 1.08. The molecule has 0 aromatic carbocycles. The average molecular weight is 147 g/mol. The predicted molar refractivity (Wildman–Crippen MR) is 42.0 cm³/mol. The average Bonchev–Trinajstić information content (AvgIpc) is 1.88. The van der Waals surface area contributed by atoms with Gasteiger partial charge in [0.15, 0.2) is 0 Å². The molecular weight excluding hydrogens is 140 g/mol. The van der Waals surface area contributed by atoms with E-state index in [4.69, 9.17) is 15.1 Å². The third-order valence-corrected chi connectivity index (χ3v) is 1.08. The molecule has 1 radical (unpaired) electrons. The van der Waals surface area contributed by atoms with Crippen LogP contribution in [0, 0.1) is 0 Å². The van der Waals surface area contributed by atoms with Gasteiger partial charge in [0.05, 0.1) is 0 Å². The first-order valence-electron chi connectivity index (χ1n) is 2.83. The molecule has 0 spiro atoms. The van der Waals surface area contributed by atoms with E-state index in [1.165, 1.54) is 12.3 Å². The smallest absolute Gasteiger partial charge is 0.420 e. The summed E-state index contributed by atoms with van der Waals surface area (Å²) in [6, 6.07) is 4.51. The van der Waals surface area contributed by atoms with Gasteiger partial charge < -0.3 is 15.1 Å². The summed E-state index contributed by atoms with van der Waals surface area (Å²) in [5, 5.41) is 25.8. The van der Waals surface area contributed by atoms with Crippen molar-refractivity contribution in [3.05, 3.63) is 24.4 Å². The Kier molecular flexibility index (Phi) is 3.80. The van der Waals surface area contributed by atoms with Crippen LogP contribution in [0.5, 0.6) is 0 Å². The fourth-order valence-electron chi connectivity index (χ4n) is 0.605. The first kappa shape index (κ1) is 10.7. The molecule has 1 rings (SSSR count). The van der Waals surface area contributed by atoms with Crippen LogP contribution in [0.25, 0.3) is 0 Å². The van der Waals surface area contributed by atoms with Crippen molar-refractivity contribution in [3.63, 3.8) is 0 Å². The predicted octanol–water partition coefficient (Wildman–Crippen LogP) is -2.18. The van der Waals surface area contributed by atoms with Gasteiger partial charge in [-0.3, -0.25) is 4.98 Å². The normalized spacial score (nSPS) is 10.5. The van der Waals surface area contributed by atoms with Gasteiger partial charge in [-0.25, -0.2) is 0 Å². The monoisotopic (exact) mass is 147 g/mol. The molecule has 55 valence electrons. The van der Waals surface area contributed by atoms with Crippen LogP contribution in [0.1, 0.15) is 0 Å². The van der Waals surface area contributed by atoms with Crippen molar-refractivity contribution in [2.45, 2.75) is 0 Å². The van der Waals surface area contributed by atoms with Crippen molar-refractivity contribution in [2.75, 3.05) is 0 Å². The van der Waals surface area contributed by atoms with Gasteiger partial charge in [-0.05, 0) is 11.7 Å². The van der Waals surface area contributed by atoms with Gasteiger partial charge in [0.2, 0.25) is 0 Å². The maximum atomic E-state index is 8.60. The largest absolute Gasteiger partial charge is 0.555 e. The van der Waals surface area contributed by atoms with Gasteiger partial charge in [-0.1, -0.05) is 12.1 Å². The summed E-state index contributed by atoms with van der Waals surface area (Å²) in [5.41, 5.74) is -0.123. The minimum absolute atomic E-state index is 0. The Hall–Kier alpha value is -0.308. The SMILES string of the molecule is O[B-](O)(O)c1ccccn1.[Li]. The fraction of sp³-hybridized carbons (Fsp3) is 0. The summed E-state index contributed by atoms with van der Waals surface area (Å²) in [5.74, 6) is 0. The topological polar surface area (TPSA) is 73.6 Å². The number of rotatable bonds is 1.